The van der Waals surface area contributed by atoms with Crippen LogP contribution in [0, 0.1) is 6.92 Å². The molecule has 6 nitrogen and oxygen atoms in total. The van der Waals surface area contributed by atoms with Gasteiger partial charge in [-0.05, 0) is 19.1 Å². The summed E-state index contributed by atoms with van der Waals surface area (Å²) >= 11 is 0. The second-order valence-corrected chi connectivity index (χ2v) is 5.27. The fraction of sp³-hybridized carbons (Fsp3) is 0.467. The molecule has 1 amide bonds. The van der Waals surface area contributed by atoms with Crippen LogP contribution < -0.4 is 5.32 Å². The predicted molar refractivity (Wildman–Crippen MR) is 77.8 cm³/mol. The van der Waals surface area contributed by atoms with Crippen molar-refractivity contribution in [1.29, 1.82) is 0 Å². The van der Waals surface area contributed by atoms with E-state index in [1.807, 2.05) is 31.2 Å². The van der Waals surface area contributed by atoms with Crippen molar-refractivity contribution in [2.24, 2.45) is 0 Å². The number of hydrogen-bond acceptors (Lipinski definition) is 5. The van der Waals surface area contributed by atoms with Crippen LogP contribution >= 0.6 is 0 Å². The van der Waals surface area contributed by atoms with Gasteiger partial charge in [0.15, 0.2) is 0 Å². The molecule has 1 fully saturated rings. The van der Waals surface area contributed by atoms with E-state index < -0.39 is 18.1 Å². The Hall–Kier alpha value is -1.92. The number of aryl methyl sites for hydroxylation is 1. The van der Waals surface area contributed by atoms with Gasteiger partial charge in [-0.15, -0.1) is 0 Å². The fourth-order valence-electron chi connectivity index (χ4n) is 2.46. The molecule has 1 heterocycles. The van der Waals surface area contributed by atoms with Crippen molar-refractivity contribution in [3.05, 3.63) is 29.8 Å². The third kappa shape index (κ3) is 4.03. The van der Waals surface area contributed by atoms with Crippen LogP contribution in [0.3, 0.4) is 0 Å². The van der Waals surface area contributed by atoms with Crippen molar-refractivity contribution in [2.75, 3.05) is 25.5 Å². The minimum atomic E-state index is -0.610. The SMILES string of the molecule is COC(=O)[C@H]1C[C@H](O)CN1CC(=O)Nc1ccc(C)cc1. The summed E-state index contributed by atoms with van der Waals surface area (Å²) in [7, 11) is 1.30. The maximum absolute atomic E-state index is 12.0. The number of β-amino-alcohol motifs (C(OH)–C–C–N with tert-alkyl or cyclic N) is 1. The van der Waals surface area contributed by atoms with Gasteiger partial charge in [-0.1, -0.05) is 17.7 Å². The number of esters is 1. The molecule has 0 unspecified atom stereocenters. The van der Waals surface area contributed by atoms with Gasteiger partial charge in [0.25, 0.3) is 0 Å². The molecule has 0 spiro atoms. The van der Waals surface area contributed by atoms with Crippen LogP contribution in [-0.2, 0) is 14.3 Å². The van der Waals surface area contributed by atoms with Gasteiger partial charge in [0, 0.05) is 18.7 Å². The molecule has 0 saturated carbocycles. The van der Waals surface area contributed by atoms with Crippen molar-refractivity contribution in [3.8, 4) is 0 Å². The molecule has 2 N–H and O–H groups in total. The number of carbonyl (C=O) groups excluding carboxylic acids is 2. The zero-order chi connectivity index (χ0) is 15.4. The van der Waals surface area contributed by atoms with Crippen molar-refractivity contribution >= 4 is 17.6 Å². The number of carbonyl (C=O) groups is 2. The van der Waals surface area contributed by atoms with Crippen LogP contribution in [0.4, 0.5) is 5.69 Å². The van der Waals surface area contributed by atoms with Crippen LogP contribution in [-0.4, -0.2) is 54.2 Å². The first-order valence-electron chi connectivity index (χ1n) is 6.86. The van der Waals surface area contributed by atoms with Gasteiger partial charge in [-0.3, -0.25) is 14.5 Å². The first-order chi connectivity index (χ1) is 9.99. The number of amides is 1. The Morgan fingerprint density at radius 1 is 1.38 bits per heavy atom. The van der Waals surface area contributed by atoms with Crippen LogP contribution in [0.15, 0.2) is 24.3 Å². The first kappa shape index (κ1) is 15.5. The molecule has 114 valence electrons. The molecule has 0 aliphatic carbocycles. The maximum Gasteiger partial charge on any atom is 0.323 e. The number of ether oxygens (including phenoxy) is 1. The number of hydrogen-bond donors (Lipinski definition) is 2. The summed E-state index contributed by atoms with van der Waals surface area (Å²) in [6.07, 6.45) is -0.314. The summed E-state index contributed by atoms with van der Waals surface area (Å²) in [5.74, 6) is -0.642. The quantitative estimate of drug-likeness (QED) is 0.792. The standard InChI is InChI=1S/C15H20N2O4/c1-10-3-5-11(6-4-10)16-14(19)9-17-8-12(18)7-13(17)15(20)21-2/h3-6,12-13,18H,7-9H2,1-2H3,(H,16,19)/t12-,13+/m0/s1. The Balaban J connectivity index is 1.94. The normalized spacial score (nSPS) is 22.0. The number of nitrogens with one attached hydrogen (secondary N) is 1. The van der Waals surface area contributed by atoms with Crippen LogP contribution in [0.5, 0.6) is 0 Å². The van der Waals surface area contributed by atoms with Gasteiger partial charge in [0.2, 0.25) is 5.91 Å². The van der Waals surface area contributed by atoms with Crippen LogP contribution in [0.1, 0.15) is 12.0 Å². The zero-order valence-corrected chi connectivity index (χ0v) is 12.2. The summed E-state index contributed by atoms with van der Waals surface area (Å²) < 4.78 is 4.70. The Bertz CT molecular complexity index is 515. The molecule has 2 atom stereocenters. The first-order valence-corrected chi connectivity index (χ1v) is 6.86. The van der Waals surface area contributed by atoms with E-state index in [9.17, 15) is 14.7 Å². The van der Waals surface area contributed by atoms with Crippen molar-refractivity contribution in [2.45, 2.75) is 25.5 Å². The van der Waals surface area contributed by atoms with Gasteiger partial charge in [0.05, 0.1) is 19.8 Å². The second-order valence-electron chi connectivity index (χ2n) is 5.27. The molecule has 1 aromatic carbocycles. The van der Waals surface area contributed by atoms with Gasteiger partial charge in [-0.25, -0.2) is 0 Å². The molecule has 0 bridgehead atoms. The molecule has 1 aromatic rings. The summed E-state index contributed by atoms with van der Waals surface area (Å²) in [6, 6.07) is 6.90. The summed E-state index contributed by atoms with van der Waals surface area (Å²) in [6.45, 7) is 2.31. The van der Waals surface area contributed by atoms with Crippen molar-refractivity contribution in [3.63, 3.8) is 0 Å². The highest BCUT2D eigenvalue weighted by Gasteiger charge is 2.37. The number of aliphatic hydroxyl groups is 1. The second kappa shape index (κ2) is 6.69. The van der Waals surface area contributed by atoms with E-state index in [1.165, 1.54) is 7.11 Å². The Morgan fingerprint density at radius 2 is 2.05 bits per heavy atom. The van der Waals surface area contributed by atoms with Crippen molar-refractivity contribution < 1.29 is 19.4 Å². The van der Waals surface area contributed by atoms with E-state index in [2.05, 4.69) is 5.32 Å². The highest BCUT2D eigenvalue weighted by molar-refractivity contribution is 5.92. The molecule has 1 aliphatic heterocycles. The molecule has 6 heteroatoms. The van der Waals surface area contributed by atoms with E-state index in [-0.39, 0.29) is 12.5 Å². The van der Waals surface area contributed by atoms with Gasteiger partial charge in [-0.2, -0.15) is 0 Å². The highest BCUT2D eigenvalue weighted by atomic mass is 16.5. The van der Waals surface area contributed by atoms with Crippen LogP contribution in [0.2, 0.25) is 0 Å². The fourth-order valence-corrected chi connectivity index (χ4v) is 2.46. The number of aliphatic hydroxyl groups excluding tert-OH is 1. The molecular formula is C15H20N2O4. The lowest BCUT2D eigenvalue weighted by Crippen LogP contribution is -2.41. The Labute approximate surface area is 123 Å². The number of rotatable bonds is 4. The summed E-state index contributed by atoms with van der Waals surface area (Å²) in [5.41, 5.74) is 1.82. The Kier molecular flexibility index (Phi) is 4.93. The molecule has 0 aromatic heterocycles. The molecule has 21 heavy (non-hydrogen) atoms. The highest BCUT2D eigenvalue weighted by Crippen LogP contribution is 2.19. The minimum absolute atomic E-state index is 0.0463. The topological polar surface area (TPSA) is 78.9 Å². The molecule has 2 rings (SSSR count). The van der Waals surface area contributed by atoms with E-state index in [0.717, 1.165) is 5.56 Å². The van der Waals surface area contributed by atoms with Crippen LogP contribution in [0.25, 0.3) is 0 Å². The third-order valence-electron chi connectivity index (χ3n) is 3.54. The number of likely N-dealkylation sites (tertiary alicyclic amines) is 1. The Morgan fingerprint density at radius 3 is 2.67 bits per heavy atom. The lowest BCUT2D eigenvalue weighted by Gasteiger charge is -2.21. The third-order valence-corrected chi connectivity index (χ3v) is 3.54. The average molecular weight is 292 g/mol. The average Bonchev–Trinajstić information content (AvgIpc) is 2.81. The summed E-state index contributed by atoms with van der Waals surface area (Å²) in [5, 5.41) is 12.4. The number of methoxy groups -OCH3 is 1. The van der Waals surface area contributed by atoms with E-state index in [4.69, 9.17) is 4.74 Å². The molecule has 0 radical (unpaired) electrons. The number of benzene rings is 1. The minimum Gasteiger partial charge on any atom is -0.468 e. The van der Waals surface area contributed by atoms with Gasteiger partial charge < -0.3 is 15.2 Å². The molecule has 1 aliphatic rings. The lowest BCUT2D eigenvalue weighted by molar-refractivity contribution is -0.146. The predicted octanol–water partition coefficient (Wildman–Crippen LogP) is 0.542. The van der Waals surface area contributed by atoms with Gasteiger partial charge in [0.1, 0.15) is 6.04 Å². The van der Waals surface area contributed by atoms with E-state index in [0.29, 0.717) is 18.7 Å². The van der Waals surface area contributed by atoms with E-state index in [1.54, 1.807) is 4.90 Å². The number of anilines is 1. The zero-order valence-electron chi connectivity index (χ0n) is 12.2. The largest absolute Gasteiger partial charge is 0.468 e. The molecule has 1 saturated heterocycles. The van der Waals surface area contributed by atoms with E-state index >= 15 is 0 Å². The van der Waals surface area contributed by atoms with Gasteiger partial charge >= 0.3 is 5.97 Å². The number of nitrogens with zero attached hydrogens (tertiary/aromatic N) is 1. The maximum atomic E-state index is 12.0. The molecular weight excluding hydrogens is 272 g/mol. The lowest BCUT2D eigenvalue weighted by atomic mass is 10.2. The summed E-state index contributed by atoms with van der Waals surface area (Å²) in [4.78, 5) is 25.3. The van der Waals surface area contributed by atoms with Crippen molar-refractivity contribution in [1.82, 2.24) is 4.90 Å². The monoisotopic (exact) mass is 292 g/mol. The smallest absolute Gasteiger partial charge is 0.323 e.